The molecule has 12 heteroatoms. The van der Waals surface area contributed by atoms with Crippen molar-refractivity contribution in [2.24, 2.45) is 0 Å². The number of carbonyl (C=O) groups excluding carboxylic acids is 2. The van der Waals surface area contributed by atoms with E-state index in [0.29, 0.717) is 12.8 Å². The van der Waals surface area contributed by atoms with Crippen LogP contribution >= 0.6 is 0 Å². The van der Waals surface area contributed by atoms with Crippen molar-refractivity contribution in [3.8, 4) is 0 Å². The number of hydrogen-bond acceptors (Lipinski definition) is 8. The molecule has 0 aliphatic carbocycles. The minimum atomic E-state index is -3.02. The first-order valence-electron chi connectivity index (χ1n) is 7.65. The maximum atomic E-state index is 11.6. The number of nitrogens with one attached hydrogen (secondary N) is 4. The number of sulfone groups is 2. The molecule has 0 bridgehead atoms. The highest BCUT2D eigenvalue weighted by atomic mass is 32.2. The lowest BCUT2D eigenvalue weighted by Gasteiger charge is -2.13. The maximum Gasteiger partial charge on any atom is 0.234 e. The summed E-state index contributed by atoms with van der Waals surface area (Å²) in [4.78, 5) is 23.2. The maximum absolute atomic E-state index is 11.6. The van der Waals surface area contributed by atoms with Crippen molar-refractivity contribution < 1.29 is 26.4 Å². The van der Waals surface area contributed by atoms with Crippen LogP contribution in [0.3, 0.4) is 0 Å². The van der Waals surface area contributed by atoms with E-state index in [1.807, 2.05) is 0 Å². The Bertz CT molecular complexity index is 630. The van der Waals surface area contributed by atoms with E-state index in [1.165, 1.54) is 0 Å². The molecule has 0 saturated carbocycles. The van der Waals surface area contributed by atoms with E-state index in [4.69, 9.17) is 0 Å². The zero-order valence-corrected chi connectivity index (χ0v) is 14.7. The number of amides is 2. The van der Waals surface area contributed by atoms with Crippen LogP contribution in [0.4, 0.5) is 0 Å². The summed E-state index contributed by atoms with van der Waals surface area (Å²) in [5.41, 5.74) is 10.1. The number of carbonyl (C=O) groups is 2. The third-order valence-corrected chi connectivity index (χ3v) is 7.41. The van der Waals surface area contributed by atoms with Gasteiger partial charge >= 0.3 is 0 Å². The summed E-state index contributed by atoms with van der Waals surface area (Å²) >= 11 is 0. The van der Waals surface area contributed by atoms with Crippen molar-refractivity contribution in [1.29, 1.82) is 0 Å². The third-order valence-electron chi connectivity index (χ3n) is 3.88. The molecule has 0 aromatic heterocycles. The Hall–Kier alpha value is -1.24. The fourth-order valence-electron chi connectivity index (χ4n) is 2.53. The summed E-state index contributed by atoms with van der Waals surface area (Å²) in [5.74, 6) is -0.656. The molecule has 0 spiro atoms. The van der Waals surface area contributed by atoms with Gasteiger partial charge < -0.3 is 0 Å². The van der Waals surface area contributed by atoms with Gasteiger partial charge in [0.25, 0.3) is 0 Å². The van der Waals surface area contributed by atoms with Crippen LogP contribution in [0.25, 0.3) is 0 Å². The molecule has 2 heterocycles. The average molecular weight is 382 g/mol. The van der Waals surface area contributed by atoms with Gasteiger partial charge in [0.15, 0.2) is 19.7 Å². The van der Waals surface area contributed by atoms with Gasteiger partial charge in [0, 0.05) is 24.9 Å². The Kier molecular flexibility index (Phi) is 6.17. The van der Waals surface area contributed by atoms with Gasteiger partial charge in [-0.1, -0.05) is 0 Å². The summed E-state index contributed by atoms with van der Waals surface area (Å²) in [6.45, 7) is 0. The quantitative estimate of drug-likeness (QED) is 0.350. The SMILES string of the molecule is O=C(CCC(=O)NNC1CCS(=O)(=O)C1)NNC1CCS(=O)(=O)C1. The molecule has 0 aromatic rings. The van der Waals surface area contributed by atoms with E-state index in [9.17, 15) is 26.4 Å². The largest absolute Gasteiger partial charge is 0.291 e. The van der Waals surface area contributed by atoms with Crippen molar-refractivity contribution in [3.05, 3.63) is 0 Å². The summed E-state index contributed by atoms with van der Waals surface area (Å²) in [6, 6.07) is -0.613. The Morgan fingerprint density at radius 3 is 1.42 bits per heavy atom. The highest BCUT2D eigenvalue weighted by Gasteiger charge is 2.28. The van der Waals surface area contributed by atoms with Gasteiger partial charge in [0.2, 0.25) is 11.8 Å². The van der Waals surface area contributed by atoms with Crippen molar-refractivity contribution in [3.63, 3.8) is 0 Å². The number of rotatable bonds is 7. The predicted octanol–water partition coefficient (Wildman–Crippen LogP) is -2.62. The summed E-state index contributed by atoms with van der Waals surface area (Å²) in [6.07, 6.45) is 0.751. The second-order valence-corrected chi connectivity index (χ2v) is 10.5. The van der Waals surface area contributed by atoms with Crippen LogP contribution in [0.5, 0.6) is 0 Å². The molecule has 2 rings (SSSR count). The lowest BCUT2D eigenvalue weighted by molar-refractivity contribution is -0.127. The van der Waals surface area contributed by atoms with Gasteiger partial charge in [0.05, 0.1) is 23.0 Å². The monoisotopic (exact) mass is 382 g/mol. The fourth-order valence-corrected chi connectivity index (χ4v) is 5.88. The highest BCUT2D eigenvalue weighted by Crippen LogP contribution is 2.11. The van der Waals surface area contributed by atoms with Crippen LogP contribution in [0.15, 0.2) is 0 Å². The van der Waals surface area contributed by atoms with Crippen molar-refractivity contribution >= 4 is 31.5 Å². The summed E-state index contributed by atoms with van der Waals surface area (Å²) in [7, 11) is -6.04. The van der Waals surface area contributed by atoms with Gasteiger partial charge in [-0.2, -0.15) is 0 Å². The second kappa shape index (κ2) is 7.76. The lowest BCUT2D eigenvalue weighted by atomic mass is 10.2. The van der Waals surface area contributed by atoms with Crippen molar-refractivity contribution in [2.45, 2.75) is 37.8 Å². The lowest BCUT2D eigenvalue weighted by Crippen LogP contribution is -2.46. The molecule has 24 heavy (non-hydrogen) atoms. The van der Waals surface area contributed by atoms with Crippen molar-refractivity contribution in [2.75, 3.05) is 23.0 Å². The molecular weight excluding hydrogens is 360 g/mol. The van der Waals surface area contributed by atoms with Gasteiger partial charge in [-0.3, -0.25) is 20.4 Å². The van der Waals surface area contributed by atoms with Crippen LogP contribution < -0.4 is 21.7 Å². The molecule has 2 amide bonds. The van der Waals surface area contributed by atoms with E-state index in [1.54, 1.807) is 0 Å². The Balaban J connectivity index is 1.57. The minimum Gasteiger partial charge on any atom is -0.291 e. The molecule has 2 atom stereocenters. The zero-order valence-electron chi connectivity index (χ0n) is 13.1. The normalized spacial score (nSPS) is 27.7. The molecule has 138 valence electrons. The van der Waals surface area contributed by atoms with E-state index >= 15 is 0 Å². The predicted molar refractivity (Wildman–Crippen MR) is 85.9 cm³/mol. The molecule has 2 aliphatic heterocycles. The van der Waals surface area contributed by atoms with E-state index < -0.39 is 31.5 Å². The topological polar surface area (TPSA) is 151 Å². The van der Waals surface area contributed by atoms with Crippen molar-refractivity contribution in [1.82, 2.24) is 21.7 Å². The molecule has 2 saturated heterocycles. The smallest absolute Gasteiger partial charge is 0.234 e. The zero-order chi connectivity index (χ0) is 17.8. The van der Waals surface area contributed by atoms with E-state index in [2.05, 4.69) is 21.7 Å². The van der Waals surface area contributed by atoms with Crippen LogP contribution in [0, 0.1) is 0 Å². The molecule has 10 nitrogen and oxygen atoms in total. The Morgan fingerprint density at radius 2 is 1.12 bits per heavy atom. The molecule has 2 unspecified atom stereocenters. The highest BCUT2D eigenvalue weighted by molar-refractivity contribution is 7.91. The summed E-state index contributed by atoms with van der Waals surface area (Å²) in [5, 5.41) is 0. The van der Waals surface area contributed by atoms with Gasteiger partial charge in [0.1, 0.15) is 0 Å². The van der Waals surface area contributed by atoms with Crippen LogP contribution in [0.2, 0.25) is 0 Å². The first kappa shape index (κ1) is 19.1. The summed E-state index contributed by atoms with van der Waals surface area (Å²) < 4.78 is 45.1. The fraction of sp³-hybridized carbons (Fsp3) is 0.833. The average Bonchev–Trinajstić information content (AvgIpc) is 3.02. The third kappa shape index (κ3) is 6.34. The van der Waals surface area contributed by atoms with Crippen LogP contribution in [0.1, 0.15) is 25.7 Å². The van der Waals surface area contributed by atoms with E-state index in [-0.39, 0.29) is 47.9 Å². The van der Waals surface area contributed by atoms with Gasteiger partial charge in [-0.25, -0.2) is 27.7 Å². The van der Waals surface area contributed by atoms with Crippen LogP contribution in [-0.2, 0) is 29.3 Å². The van der Waals surface area contributed by atoms with Gasteiger partial charge in [-0.05, 0) is 12.8 Å². The molecule has 2 aliphatic rings. The number of hydrazine groups is 2. The Labute approximate surface area is 140 Å². The standard InChI is InChI=1S/C12H22N4O6S2/c17-11(15-13-9-3-5-23(19,20)7-9)1-2-12(18)16-14-10-4-6-24(21,22)8-10/h9-10,13-14H,1-8H2,(H,15,17)(H,16,18). The molecular formula is C12H22N4O6S2. The van der Waals surface area contributed by atoms with Gasteiger partial charge in [-0.15, -0.1) is 0 Å². The molecule has 0 radical (unpaired) electrons. The first-order valence-corrected chi connectivity index (χ1v) is 11.3. The molecule has 2 fully saturated rings. The molecule has 0 aromatic carbocycles. The Morgan fingerprint density at radius 1 is 0.750 bits per heavy atom. The first-order chi connectivity index (χ1) is 11.2. The van der Waals surface area contributed by atoms with E-state index in [0.717, 1.165) is 0 Å². The minimum absolute atomic E-state index is 0.0119. The van der Waals surface area contributed by atoms with Crippen LogP contribution in [-0.4, -0.2) is 63.7 Å². The molecule has 4 N–H and O–H groups in total. The second-order valence-electron chi connectivity index (χ2n) is 6.08. The number of hydrogen-bond donors (Lipinski definition) is 4.